The highest BCUT2D eigenvalue weighted by Gasteiger charge is 2.02. The van der Waals surface area contributed by atoms with Gasteiger partial charge < -0.3 is 20.1 Å². The molecule has 7 heteroatoms. The molecule has 0 saturated carbocycles. The molecular formula is C23H29N5O2. The Hall–Kier alpha value is -3.32. The van der Waals surface area contributed by atoms with Gasteiger partial charge in [0.05, 0.1) is 12.3 Å². The first-order chi connectivity index (χ1) is 14.8. The van der Waals surface area contributed by atoms with Crippen LogP contribution in [0.3, 0.4) is 0 Å². The Balaban J connectivity index is 1.42. The number of nitrogens with one attached hydrogen (secondary N) is 2. The molecule has 0 bridgehead atoms. The second-order valence-electron chi connectivity index (χ2n) is 6.71. The van der Waals surface area contributed by atoms with Gasteiger partial charge in [-0.05, 0) is 47.9 Å². The molecule has 7 nitrogen and oxygen atoms in total. The van der Waals surface area contributed by atoms with E-state index in [1.165, 1.54) is 5.56 Å². The molecular weight excluding hydrogens is 378 g/mol. The minimum Gasteiger partial charge on any atom is -0.491 e. The zero-order valence-corrected chi connectivity index (χ0v) is 17.5. The van der Waals surface area contributed by atoms with Crippen molar-refractivity contribution in [1.82, 2.24) is 20.4 Å². The molecule has 0 aliphatic carbocycles. The quantitative estimate of drug-likeness (QED) is 0.307. The Labute approximate surface area is 177 Å². The van der Waals surface area contributed by atoms with Gasteiger partial charge in [-0.2, -0.15) is 5.10 Å². The Morgan fingerprint density at radius 3 is 2.63 bits per heavy atom. The van der Waals surface area contributed by atoms with E-state index in [2.05, 4.69) is 51.1 Å². The molecule has 0 saturated heterocycles. The maximum Gasteiger partial charge on any atom is 0.191 e. The highest BCUT2D eigenvalue weighted by Crippen LogP contribution is 2.13. The third-order valence-corrected chi connectivity index (χ3v) is 4.55. The van der Waals surface area contributed by atoms with Crippen molar-refractivity contribution in [3.8, 4) is 11.4 Å². The van der Waals surface area contributed by atoms with Crippen LogP contribution >= 0.6 is 0 Å². The fraction of sp³-hybridized carbons (Fsp3) is 0.304. The van der Waals surface area contributed by atoms with Crippen LogP contribution in [0.2, 0.25) is 0 Å². The minimum absolute atomic E-state index is 0.541. The Morgan fingerprint density at radius 2 is 1.90 bits per heavy atom. The zero-order valence-electron chi connectivity index (χ0n) is 17.5. The second kappa shape index (κ2) is 11.6. The Bertz CT molecular complexity index is 908. The number of guanidine groups is 1. The van der Waals surface area contributed by atoms with Gasteiger partial charge in [-0.25, -0.2) is 4.68 Å². The first kappa shape index (κ1) is 21.4. The summed E-state index contributed by atoms with van der Waals surface area (Å²) in [6, 6.07) is 18.4. The molecule has 0 amide bonds. The van der Waals surface area contributed by atoms with Crippen LogP contribution in [0.15, 0.2) is 72.0 Å². The predicted octanol–water partition coefficient (Wildman–Crippen LogP) is 2.81. The SMILES string of the molecule is CN=C(NCCc1ccc(-n2cccn2)cc1)NCc1cccc(OCCOC)c1. The van der Waals surface area contributed by atoms with E-state index in [1.54, 1.807) is 20.4 Å². The Morgan fingerprint density at radius 1 is 1.03 bits per heavy atom. The maximum atomic E-state index is 5.66. The number of aromatic nitrogens is 2. The smallest absolute Gasteiger partial charge is 0.191 e. The highest BCUT2D eigenvalue weighted by molar-refractivity contribution is 5.79. The highest BCUT2D eigenvalue weighted by atomic mass is 16.5. The standard InChI is InChI=1S/C23H29N5O2/c1-24-23(26-18-20-5-3-6-22(17-20)30-16-15-29-2)25-13-11-19-7-9-21(10-8-19)28-14-4-12-27-28/h3-10,12,14,17H,11,13,15-16,18H2,1-2H3,(H2,24,25,26). The lowest BCUT2D eigenvalue weighted by Gasteiger charge is -2.13. The van der Waals surface area contributed by atoms with E-state index in [0.29, 0.717) is 19.8 Å². The number of nitrogens with zero attached hydrogens (tertiary/aromatic N) is 3. The summed E-state index contributed by atoms with van der Waals surface area (Å²) in [5.41, 5.74) is 3.44. The fourth-order valence-corrected chi connectivity index (χ4v) is 2.96. The summed E-state index contributed by atoms with van der Waals surface area (Å²) in [7, 11) is 3.44. The normalized spacial score (nSPS) is 11.3. The third kappa shape index (κ3) is 6.63. The third-order valence-electron chi connectivity index (χ3n) is 4.55. The number of ether oxygens (including phenoxy) is 2. The Kier molecular flexibility index (Phi) is 8.29. The van der Waals surface area contributed by atoms with Gasteiger partial charge in [0.1, 0.15) is 12.4 Å². The lowest BCUT2D eigenvalue weighted by Crippen LogP contribution is -2.37. The molecule has 30 heavy (non-hydrogen) atoms. The van der Waals surface area contributed by atoms with E-state index >= 15 is 0 Å². The van der Waals surface area contributed by atoms with E-state index < -0.39 is 0 Å². The van der Waals surface area contributed by atoms with Crippen molar-refractivity contribution in [2.24, 2.45) is 4.99 Å². The first-order valence-corrected chi connectivity index (χ1v) is 10.0. The van der Waals surface area contributed by atoms with Gasteiger partial charge >= 0.3 is 0 Å². The molecule has 0 atom stereocenters. The van der Waals surface area contributed by atoms with Gasteiger partial charge in [-0.1, -0.05) is 24.3 Å². The van der Waals surface area contributed by atoms with Crippen molar-refractivity contribution < 1.29 is 9.47 Å². The van der Waals surface area contributed by atoms with Crippen LogP contribution in [-0.2, 0) is 17.7 Å². The molecule has 0 unspecified atom stereocenters. The van der Waals surface area contributed by atoms with Crippen molar-refractivity contribution >= 4 is 5.96 Å². The average molecular weight is 408 g/mol. The van der Waals surface area contributed by atoms with Gasteiger partial charge in [0.2, 0.25) is 0 Å². The lowest BCUT2D eigenvalue weighted by atomic mass is 10.1. The second-order valence-corrected chi connectivity index (χ2v) is 6.71. The van der Waals surface area contributed by atoms with Crippen LogP contribution in [0.1, 0.15) is 11.1 Å². The molecule has 2 N–H and O–H groups in total. The van der Waals surface area contributed by atoms with Crippen LogP contribution in [0, 0.1) is 0 Å². The molecule has 3 rings (SSSR count). The van der Waals surface area contributed by atoms with Crippen LogP contribution < -0.4 is 15.4 Å². The molecule has 1 heterocycles. The topological polar surface area (TPSA) is 72.7 Å². The summed E-state index contributed by atoms with van der Waals surface area (Å²) in [4.78, 5) is 4.30. The summed E-state index contributed by atoms with van der Waals surface area (Å²) in [6.45, 7) is 2.57. The monoisotopic (exact) mass is 407 g/mol. The molecule has 2 aromatic carbocycles. The number of hydrogen-bond donors (Lipinski definition) is 2. The molecule has 0 spiro atoms. The van der Waals surface area contributed by atoms with Gasteiger partial charge in [0.15, 0.2) is 5.96 Å². The number of aliphatic imine (C=N–C) groups is 1. The van der Waals surface area contributed by atoms with Crippen LogP contribution in [0.25, 0.3) is 5.69 Å². The molecule has 0 aliphatic rings. The van der Waals surface area contributed by atoms with Crippen molar-refractivity contribution in [3.05, 3.63) is 78.1 Å². The van der Waals surface area contributed by atoms with E-state index in [0.717, 1.165) is 35.9 Å². The van der Waals surface area contributed by atoms with E-state index in [9.17, 15) is 0 Å². The fourth-order valence-electron chi connectivity index (χ4n) is 2.96. The van der Waals surface area contributed by atoms with E-state index in [-0.39, 0.29) is 0 Å². The van der Waals surface area contributed by atoms with Crippen molar-refractivity contribution in [3.63, 3.8) is 0 Å². The summed E-state index contributed by atoms with van der Waals surface area (Å²) < 4.78 is 12.5. The molecule has 0 radical (unpaired) electrons. The first-order valence-electron chi connectivity index (χ1n) is 10.0. The maximum absolute atomic E-state index is 5.66. The van der Waals surface area contributed by atoms with Crippen molar-refractivity contribution in [2.75, 3.05) is 33.9 Å². The molecule has 3 aromatic rings. The van der Waals surface area contributed by atoms with E-state index in [4.69, 9.17) is 9.47 Å². The summed E-state index contributed by atoms with van der Waals surface area (Å²) >= 11 is 0. The van der Waals surface area contributed by atoms with E-state index in [1.807, 2.05) is 35.1 Å². The molecule has 158 valence electrons. The number of methoxy groups -OCH3 is 1. The summed E-state index contributed by atoms with van der Waals surface area (Å²) in [5, 5.41) is 11.0. The van der Waals surface area contributed by atoms with Crippen LogP contribution in [0.4, 0.5) is 0 Å². The minimum atomic E-state index is 0.541. The van der Waals surface area contributed by atoms with Gasteiger partial charge in [0, 0.05) is 39.6 Å². The van der Waals surface area contributed by atoms with Gasteiger partial charge in [-0.3, -0.25) is 4.99 Å². The van der Waals surface area contributed by atoms with Crippen LogP contribution in [0.5, 0.6) is 5.75 Å². The molecule has 0 fully saturated rings. The van der Waals surface area contributed by atoms with Gasteiger partial charge in [0.25, 0.3) is 0 Å². The van der Waals surface area contributed by atoms with Crippen molar-refractivity contribution in [1.29, 1.82) is 0 Å². The number of hydrogen-bond acceptors (Lipinski definition) is 4. The number of benzene rings is 2. The van der Waals surface area contributed by atoms with Crippen molar-refractivity contribution in [2.45, 2.75) is 13.0 Å². The predicted molar refractivity (Wildman–Crippen MR) is 119 cm³/mol. The van der Waals surface area contributed by atoms with Crippen LogP contribution in [-0.4, -0.2) is 49.7 Å². The number of rotatable bonds is 10. The average Bonchev–Trinajstić information content (AvgIpc) is 3.32. The van der Waals surface area contributed by atoms with Gasteiger partial charge in [-0.15, -0.1) is 0 Å². The largest absolute Gasteiger partial charge is 0.491 e. The summed E-state index contributed by atoms with van der Waals surface area (Å²) in [5.74, 6) is 1.61. The molecule has 1 aromatic heterocycles. The lowest BCUT2D eigenvalue weighted by molar-refractivity contribution is 0.146. The molecule has 0 aliphatic heterocycles. The summed E-state index contributed by atoms with van der Waals surface area (Å²) in [6.07, 6.45) is 4.62. The zero-order chi connectivity index (χ0) is 21.0.